The van der Waals surface area contributed by atoms with Crippen molar-refractivity contribution in [3.05, 3.63) is 206 Å². The van der Waals surface area contributed by atoms with E-state index in [9.17, 15) is 0 Å². The van der Waals surface area contributed by atoms with Crippen LogP contribution >= 0.6 is 0 Å². The molecule has 4 nitrogen and oxygen atoms in total. The van der Waals surface area contributed by atoms with E-state index >= 15 is 0 Å². The smallest absolute Gasteiger partial charge is 0.257 e. The van der Waals surface area contributed by atoms with Crippen molar-refractivity contribution < 1.29 is 4.42 Å². The summed E-state index contributed by atoms with van der Waals surface area (Å²) >= 11 is 0. The van der Waals surface area contributed by atoms with Crippen molar-refractivity contribution >= 4 is 85.5 Å². The Morgan fingerprint density at radius 3 is 1.71 bits per heavy atom. The minimum Gasteiger partial charge on any atom is -0.440 e. The van der Waals surface area contributed by atoms with E-state index in [0.717, 1.165) is 67.9 Å². The third-order valence-electron chi connectivity index (χ3n) is 11.0. The summed E-state index contributed by atoms with van der Waals surface area (Å²) in [4.78, 5) is 7.14. The molecule has 55 heavy (non-hydrogen) atoms. The predicted molar refractivity (Wildman–Crippen MR) is 230 cm³/mol. The van der Waals surface area contributed by atoms with E-state index in [-0.39, 0.29) is 6.71 Å². The third-order valence-corrected chi connectivity index (χ3v) is 11.0. The molecular weight excluding hydrogens is 669 g/mol. The zero-order chi connectivity index (χ0) is 36.3. The molecule has 0 fully saturated rings. The fourth-order valence-corrected chi connectivity index (χ4v) is 8.70. The second kappa shape index (κ2) is 12.7. The largest absolute Gasteiger partial charge is 0.440 e. The van der Waals surface area contributed by atoms with Crippen molar-refractivity contribution in [2.24, 2.45) is 0 Å². The average molecular weight is 704 g/mol. The maximum absolute atomic E-state index is 6.96. The quantitative estimate of drug-likeness (QED) is 0.161. The molecule has 0 bridgehead atoms. The lowest BCUT2D eigenvalue weighted by Gasteiger charge is -2.42. The number of anilines is 9. The van der Waals surface area contributed by atoms with Gasteiger partial charge in [0, 0.05) is 56.3 Å². The summed E-state index contributed by atoms with van der Waals surface area (Å²) in [6.45, 7) is -0.0654. The molecule has 5 heteroatoms. The van der Waals surface area contributed by atoms with Crippen LogP contribution in [0.3, 0.4) is 0 Å². The molecule has 9 aromatic rings. The van der Waals surface area contributed by atoms with Gasteiger partial charge in [0.15, 0.2) is 0 Å². The van der Waals surface area contributed by atoms with E-state index in [1.165, 1.54) is 22.0 Å². The summed E-state index contributed by atoms with van der Waals surface area (Å²) in [6, 6.07) is 73.7. The monoisotopic (exact) mass is 703 g/mol. The Kier molecular flexibility index (Phi) is 7.24. The molecule has 8 aromatic carbocycles. The molecule has 11 rings (SSSR count). The van der Waals surface area contributed by atoms with Gasteiger partial charge in [-0.15, -0.1) is 0 Å². The van der Waals surface area contributed by atoms with Gasteiger partial charge in [-0.2, -0.15) is 0 Å². The molecule has 0 saturated heterocycles. The highest BCUT2D eigenvalue weighted by Gasteiger charge is 2.46. The average Bonchev–Trinajstić information content (AvgIpc) is 3.64. The molecule has 1 aromatic heterocycles. The summed E-state index contributed by atoms with van der Waals surface area (Å²) in [5.74, 6) is 0.861. The number of hydrogen-bond acceptors (Lipinski definition) is 4. The lowest BCUT2D eigenvalue weighted by atomic mass is 9.33. The van der Waals surface area contributed by atoms with Crippen molar-refractivity contribution in [3.63, 3.8) is 0 Å². The van der Waals surface area contributed by atoms with E-state index in [1.54, 1.807) is 0 Å². The van der Waals surface area contributed by atoms with Crippen LogP contribution in [0.4, 0.5) is 51.4 Å². The van der Waals surface area contributed by atoms with Crippen LogP contribution in [0.25, 0.3) is 22.1 Å². The Morgan fingerprint density at radius 2 is 0.982 bits per heavy atom. The highest BCUT2D eigenvalue weighted by Crippen LogP contribution is 2.47. The van der Waals surface area contributed by atoms with Crippen molar-refractivity contribution in [1.29, 1.82) is 0 Å². The number of fused-ring (bicyclic) bond motifs is 6. The summed E-state index contributed by atoms with van der Waals surface area (Å²) in [5, 5.41) is 1.13. The number of rotatable bonds is 6. The van der Waals surface area contributed by atoms with Gasteiger partial charge in [-0.3, -0.25) is 4.90 Å². The van der Waals surface area contributed by atoms with Gasteiger partial charge < -0.3 is 14.2 Å². The van der Waals surface area contributed by atoms with Crippen LogP contribution in [0.1, 0.15) is 0 Å². The van der Waals surface area contributed by atoms with Crippen molar-refractivity contribution in [2.45, 2.75) is 0 Å². The zero-order valence-corrected chi connectivity index (χ0v) is 30.0. The SMILES string of the molecule is c1ccc(-c2cccc(N3c4cccc5c4B(c4ccc(N(c6ccccc6)c6ccccc6)cc4N5c4ccccc4)c4c3oc3ccccc43)c2)cc1. The number of hydrogen-bond donors (Lipinski definition) is 0. The molecule has 0 aliphatic carbocycles. The van der Waals surface area contributed by atoms with E-state index in [4.69, 9.17) is 4.42 Å². The molecule has 0 saturated carbocycles. The number of furan rings is 1. The van der Waals surface area contributed by atoms with Crippen LogP contribution in [-0.4, -0.2) is 6.71 Å². The van der Waals surface area contributed by atoms with Crippen LogP contribution in [0, 0.1) is 0 Å². The van der Waals surface area contributed by atoms with Gasteiger partial charge in [0.2, 0.25) is 5.88 Å². The van der Waals surface area contributed by atoms with E-state index in [2.05, 4.69) is 221 Å². The molecular formula is C50H34BN3O. The maximum atomic E-state index is 6.96. The Bertz CT molecular complexity index is 2800. The molecule has 0 spiro atoms. The fraction of sp³-hybridized carbons (Fsp3) is 0. The highest BCUT2D eigenvalue weighted by atomic mass is 16.4. The molecule has 2 aliphatic rings. The molecule has 0 N–H and O–H groups in total. The third kappa shape index (κ3) is 5.01. The minimum absolute atomic E-state index is 0.0654. The molecule has 2 aliphatic heterocycles. The topological polar surface area (TPSA) is 22.9 Å². The number of nitrogens with zero attached hydrogens (tertiary/aromatic N) is 3. The second-order valence-electron chi connectivity index (χ2n) is 14.1. The van der Waals surface area contributed by atoms with Crippen LogP contribution in [-0.2, 0) is 0 Å². The Hall–Kier alpha value is -7.24. The first kappa shape index (κ1) is 31.3. The number of benzene rings is 8. The van der Waals surface area contributed by atoms with Gasteiger partial charge in [0.05, 0.1) is 0 Å². The minimum atomic E-state index is -0.0654. The standard InChI is InChI=1S/C50H34BN3O/c1-5-17-35(18-6-1)36-19-15-26-40(33-36)54-45-29-16-28-44-49(45)51(48-42-27-13-14-30-47(42)55-50(48)54)43-32-31-41(34-46(43)53(44)39-24-11-4-12-25-39)52(37-20-7-2-8-21-37)38-22-9-3-10-23-38/h1-34H. The number of para-hydroxylation sites is 4. The second-order valence-corrected chi connectivity index (χ2v) is 14.1. The van der Waals surface area contributed by atoms with Gasteiger partial charge in [-0.05, 0) is 101 Å². The molecule has 0 unspecified atom stereocenters. The van der Waals surface area contributed by atoms with Crippen molar-refractivity contribution in [2.75, 3.05) is 14.7 Å². The summed E-state index contributed by atoms with van der Waals surface area (Å²) in [7, 11) is 0. The first-order valence-electron chi connectivity index (χ1n) is 18.8. The van der Waals surface area contributed by atoms with Gasteiger partial charge in [-0.1, -0.05) is 127 Å². The summed E-state index contributed by atoms with van der Waals surface area (Å²) in [6.07, 6.45) is 0. The van der Waals surface area contributed by atoms with Crippen LogP contribution in [0.5, 0.6) is 0 Å². The van der Waals surface area contributed by atoms with Crippen molar-refractivity contribution in [3.8, 4) is 11.1 Å². The fourth-order valence-electron chi connectivity index (χ4n) is 8.70. The summed E-state index contributed by atoms with van der Waals surface area (Å²) in [5.41, 5.74) is 15.8. The Labute approximate surface area is 320 Å². The Morgan fingerprint density at radius 1 is 0.400 bits per heavy atom. The van der Waals surface area contributed by atoms with Crippen LogP contribution in [0.15, 0.2) is 211 Å². The van der Waals surface area contributed by atoms with Crippen LogP contribution in [0.2, 0.25) is 0 Å². The Balaban J connectivity index is 1.18. The maximum Gasteiger partial charge on any atom is 0.257 e. The molecule has 0 atom stereocenters. The normalized spacial score (nSPS) is 12.6. The van der Waals surface area contributed by atoms with Gasteiger partial charge >= 0.3 is 0 Å². The first-order valence-corrected chi connectivity index (χ1v) is 18.8. The van der Waals surface area contributed by atoms with E-state index in [1.807, 2.05) is 0 Å². The molecule has 3 heterocycles. The summed E-state index contributed by atoms with van der Waals surface area (Å²) < 4.78 is 6.96. The lowest BCUT2D eigenvalue weighted by Crippen LogP contribution is -2.61. The van der Waals surface area contributed by atoms with E-state index in [0.29, 0.717) is 0 Å². The van der Waals surface area contributed by atoms with Gasteiger partial charge in [-0.25, -0.2) is 0 Å². The molecule has 0 radical (unpaired) electrons. The lowest BCUT2D eigenvalue weighted by molar-refractivity contribution is 0.623. The highest BCUT2D eigenvalue weighted by molar-refractivity contribution is 7.01. The molecule has 258 valence electrons. The van der Waals surface area contributed by atoms with Gasteiger partial charge in [0.1, 0.15) is 5.58 Å². The first-order chi connectivity index (χ1) is 27.3. The van der Waals surface area contributed by atoms with Gasteiger partial charge in [0.25, 0.3) is 6.71 Å². The zero-order valence-electron chi connectivity index (χ0n) is 30.0. The van der Waals surface area contributed by atoms with Crippen molar-refractivity contribution in [1.82, 2.24) is 0 Å². The van der Waals surface area contributed by atoms with Crippen LogP contribution < -0.4 is 31.1 Å². The molecule has 0 amide bonds. The van der Waals surface area contributed by atoms with E-state index < -0.39 is 0 Å². The predicted octanol–water partition coefficient (Wildman–Crippen LogP) is 11.7.